The van der Waals surface area contributed by atoms with E-state index in [4.69, 9.17) is 0 Å². The summed E-state index contributed by atoms with van der Waals surface area (Å²) in [6.07, 6.45) is 5.27. The Labute approximate surface area is 154 Å². The molecule has 0 aromatic carbocycles. The Kier molecular flexibility index (Phi) is 4.69. The molecule has 4 rings (SSSR count). The fourth-order valence-corrected chi connectivity index (χ4v) is 3.47. The third-order valence-corrected chi connectivity index (χ3v) is 4.95. The summed E-state index contributed by atoms with van der Waals surface area (Å²) in [6, 6.07) is 7.59. The van der Waals surface area contributed by atoms with Gasteiger partial charge in [-0.05, 0) is 18.2 Å². The van der Waals surface area contributed by atoms with Crippen LogP contribution in [0.5, 0.6) is 0 Å². The number of pyridine rings is 1. The lowest BCUT2D eigenvalue weighted by molar-refractivity contribution is 0.219. The molecule has 0 bridgehead atoms. The number of nitrogens with zero attached hydrogens (tertiary/aromatic N) is 5. The molecule has 0 unspecified atom stereocenters. The van der Waals surface area contributed by atoms with Crippen LogP contribution in [0, 0.1) is 0 Å². The molecule has 1 saturated heterocycles. The molecular formula is C17H17N7OS. The highest BCUT2D eigenvalue weighted by Crippen LogP contribution is 2.30. The maximum Gasteiger partial charge on any atom is 0.317 e. The van der Waals surface area contributed by atoms with E-state index in [0.717, 1.165) is 27.8 Å². The van der Waals surface area contributed by atoms with Gasteiger partial charge in [-0.3, -0.25) is 4.98 Å². The molecular weight excluding hydrogens is 350 g/mol. The van der Waals surface area contributed by atoms with Gasteiger partial charge in [0, 0.05) is 44.8 Å². The molecule has 0 radical (unpaired) electrons. The number of urea groups is 1. The number of thiazole rings is 1. The van der Waals surface area contributed by atoms with Gasteiger partial charge in [-0.1, -0.05) is 6.07 Å². The lowest BCUT2D eigenvalue weighted by Gasteiger charge is -2.14. The molecule has 1 aliphatic rings. The average molecular weight is 367 g/mol. The molecule has 0 atom stereocenters. The van der Waals surface area contributed by atoms with E-state index in [1.807, 2.05) is 24.3 Å². The standard InChI is InChI=1S/C17H17N7OS/c25-17-21-8-10-24(17)9-7-20-16-19-6-4-12(23-16)14-11-22-15(26-14)13-3-1-2-5-18-13/h1-6,11H,7-10H2,(H,21,25)(H,19,20,23). The monoisotopic (exact) mass is 367 g/mol. The maximum atomic E-state index is 11.5. The van der Waals surface area contributed by atoms with Gasteiger partial charge >= 0.3 is 6.03 Å². The Balaban J connectivity index is 1.42. The number of carbonyl (C=O) groups is 1. The van der Waals surface area contributed by atoms with E-state index in [9.17, 15) is 4.79 Å². The normalized spacial score (nSPS) is 13.7. The highest BCUT2D eigenvalue weighted by Gasteiger charge is 2.18. The van der Waals surface area contributed by atoms with E-state index in [0.29, 0.717) is 25.6 Å². The van der Waals surface area contributed by atoms with Crippen molar-refractivity contribution < 1.29 is 4.79 Å². The molecule has 4 heterocycles. The summed E-state index contributed by atoms with van der Waals surface area (Å²) in [5.41, 5.74) is 1.65. The van der Waals surface area contributed by atoms with E-state index >= 15 is 0 Å². The first kappa shape index (κ1) is 16.4. The smallest absolute Gasteiger partial charge is 0.317 e. The summed E-state index contributed by atoms with van der Waals surface area (Å²) in [6.45, 7) is 2.65. The summed E-state index contributed by atoms with van der Waals surface area (Å²) in [7, 11) is 0. The second-order valence-electron chi connectivity index (χ2n) is 5.66. The van der Waals surface area contributed by atoms with Crippen molar-refractivity contribution in [1.29, 1.82) is 0 Å². The Morgan fingerprint density at radius 3 is 2.92 bits per heavy atom. The predicted molar refractivity (Wildman–Crippen MR) is 99.8 cm³/mol. The number of hydrogen-bond donors (Lipinski definition) is 2. The summed E-state index contributed by atoms with van der Waals surface area (Å²) in [5, 5.41) is 6.81. The van der Waals surface area contributed by atoms with E-state index < -0.39 is 0 Å². The quantitative estimate of drug-likeness (QED) is 0.693. The van der Waals surface area contributed by atoms with E-state index in [-0.39, 0.29) is 6.03 Å². The molecule has 3 aromatic heterocycles. The second kappa shape index (κ2) is 7.44. The first-order chi connectivity index (χ1) is 12.8. The lowest BCUT2D eigenvalue weighted by Crippen LogP contribution is -2.32. The fraction of sp³-hybridized carbons (Fsp3) is 0.235. The SMILES string of the molecule is O=C1NCCN1CCNc1nccc(-c2cnc(-c3ccccn3)s2)n1. The maximum absolute atomic E-state index is 11.5. The molecule has 2 amide bonds. The zero-order chi connectivity index (χ0) is 17.8. The molecule has 132 valence electrons. The van der Waals surface area contributed by atoms with E-state index in [2.05, 4.69) is 30.6 Å². The van der Waals surface area contributed by atoms with Crippen LogP contribution in [-0.2, 0) is 0 Å². The van der Waals surface area contributed by atoms with Crippen LogP contribution >= 0.6 is 11.3 Å². The average Bonchev–Trinajstić information content (AvgIpc) is 3.33. The molecule has 0 saturated carbocycles. The van der Waals surface area contributed by atoms with Crippen molar-refractivity contribution >= 4 is 23.3 Å². The van der Waals surface area contributed by atoms with Crippen molar-refractivity contribution in [3.63, 3.8) is 0 Å². The molecule has 1 fully saturated rings. The van der Waals surface area contributed by atoms with Gasteiger partial charge in [0.15, 0.2) is 0 Å². The van der Waals surface area contributed by atoms with Crippen molar-refractivity contribution in [3.05, 3.63) is 42.9 Å². The van der Waals surface area contributed by atoms with Gasteiger partial charge in [-0.2, -0.15) is 0 Å². The lowest BCUT2D eigenvalue weighted by atomic mass is 10.3. The minimum Gasteiger partial charge on any atom is -0.352 e. The highest BCUT2D eigenvalue weighted by molar-refractivity contribution is 7.18. The molecule has 0 aliphatic carbocycles. The number of aromatic nitrogens is 4. The van der Waals surface area contributed by atoms with Gasteiger partial charge in [-0.25, -0.2) is 19.7 Å². The Morgan fingerprint density at radius 2 is 2.12 bits per heavy atom. The van der Waals surface area contributed by atoms with E-state index in [1.165, 1.54) is 11.3 Å². The molecule has 8 nitrogen and oxygen atoms in total. The van der Waals surface area contributed by atoms with Gasteiger partial charge < -0.3 is 15.5 Å². The Morgan fingerprint density at radius 1 is 1.15 bits per heavy atom. The Hall–Kier alpha value is -3.07. The van der Waals surface area contributed by atoms with Crippen LogP contribution < -0.4 is 10.6 Å². The predicted octanol–water partition coefficient (Wildman–Crippen LogP) is 2.10. The Bertz CT molecular complexity index is 899. The van der Waals surface area contributed by atoms with Crippen molar-refractivity contribution in [2.75, 3.05) is 31.5 Å². The number of nitrogens with one attached hydrogen (secondary N) is 2. The summed E-state index contributed by atoms with van der Waals surface area (Å²) in [5.74, 6) is 0.537. The fourth-order valence-electron chi connectivity index (χ4n) is 2.61. The van der Waals surface area contributed by atoms with Crippen LogP contribution in [0.2, 0.25) is 0 Å². The van der Waals surface area contributed by atoms with Gasteiger partial charge in [0.25, 0.3) is 0 Å². The van der Waals surface area contributed by atoms with Gasteiger partial charge in [0.1, 0.15) is 5.01 Å². The molecule has 2 N–H and O–H groups in total. The first-order valence-corrected chi connectivity index (χ1v) is 9.08. The number of amides is 2. The second-order valence-corrected chi connectivity index (χ2v) is 6.69. The molecule has 26 heavy (non-hydrogen) atoms. The van der Waals surface area contributed by atoms with Gasteiger partial charge in [0.05, 0.1) is 16.3 Å². The molecule has 0 spiro atoms. The third-order valence-electron chi connectivity index (χ3n) is 3.91. The van der Waals surface area contributed by atoms with Crippen LogP contribution in [0.4, 0.5) is 10.7 Å². The minimum absolute atomic E-state index is 0.0202. The first-order valence-electron chi connectivity index (χ1n) is 8.27. The van der Waals surface area contributed by atoms with Crippen LogP contribution in [0.25, 0.3) is 21.3 Å². The van der Waals surface area contributed by atoms with Crippen molar-refractivity contribution in [2.45, 2.75) is 0 Å². The number of hydrogen-bond acceptors (Lipinski definition) is 7. The summed E-state index contributed by atoms with van der Waals surface area (Å²) in [4.78, 5) is 31.8. The largest absolute Gasteiger partial charge is 0.352 e. The summed E-state index contributed by atoms with van der Waals surface area (Å²) >= 11 is 1.54. The number of carbonyl (C=O) groups excluding carboxylic acids is 1. The third kappa shape index (κ3) is 3.62. The summed E-state index contributed by atoms with van der Waals surface area (Å²) < 4.78 is 0. The van der Waals surface area contributed by atoms with Crippen LogP contribution in [0.1, 0.15) is 0 Å². The van der Waals surface area contributed by atoms with Crippen LogP contribution in [0.15, 0.2) is 42.9 Å². The minimum atomic E-state index is -0.0202. The number of rotatable bonds is 6. The van der Waals surface area contributed by atoms with E-state index in [1.54, 1.807) is 23.5 Å². The van der Waals surface area contributed by atoms with Crippen molar-refractivity contribution in [3.8, 4) is 21.3 Å². The highest BCUT2D eigenvalue weighted by atomic mass is 32.1. The molecule has 9 heteroatoms. The zero-order valence-corrected chi connectivity index (χ0v) is 14.7. The zero-order valence-electron chi connectivity index (χ0n) is 13.9. The molecule has 1 aliphatic heterocycles. The van der Waals surface area contributed by atoms with Crippen molar-refractivity contribution in [2.24, 2.45) is 0 Å². The number of anilines is 1. The topological polar surface area (TPSA) is 95.9 Å². The van der Waals surface area contributed by atoms with Crippen LogP contribution in [0.3, 0.4) is 0 Å². The van der Waals surface area contributed by atoms with Crippen LogP contribution in [-0.4, -0.2) is 57.0 Å². The van der Waals surface area contributed by atoms with Gasteiger partial charge in [0.2, 0.25) is 5.95 Å². The van der Waals surface area contributed by atoms with Crippen molar-refractivity contribution in [1.82, 2.24) is 30.2 Å². The van der Waals surface area contributed by atoms with Gasteiger partial charge in [-0.15, -0.1) is 11.3 Å². The molecule has 3 aromatic rings.